The molecule has 0 fully saturated rings. The Labute approximate surface area is 71.8 Å². The van der Waals surface area contributed by atoms with Crippen LogP contribution in [0.5, 0.6) is 0 Å². The Morgan fingerprint density at radius 2 is 2.33 bits per heavy atom. The van der Waals surface area contributed by atoms with Crippen LogP contribution in [0.2, 0.25) is 0 Å². The van der Waals surface area contributed by atoms with Gasteiger partial charge in [0, 0.05) is 20.3 Å². The van der Waals surface area contributed by atoms with Crippen molar-refractivity contribution < 1.29 is 0 Å². The van der Waals surface area contributed by atoms with Gasteiger partial charge < -0.3 is 5.32 Å². The Hall–Kier alpha value is -1.29. The molecule has 2 aliphatic rings. The van der Waals surface area contributed by atoms with Crippen LogP contribution in [0.25, 0.3) is 0 Å². The maximum absolute atomic E-state index is 4.32. The molecule has 4 nitrogen and oxygen atoms in total. The maximum Gasteiger partial charge on any atom is 0.143 e. The Morgan fingerprint density at radius 1 is 1.50 bits per heavy atom. The van der Waals surface area contributed by atoms with Crippen molar-refractivity contribution in [3.8, 4) is 0 Å². The first-order chi connectivity index (χ1) is 5.81. The van der Waals surface area contributed by atoms with E-state index < -0.39 is 0 Å². The van der Waals surface area contributed by atoms with E-state index >= 15 is 0 Å². The van der Waals surface area contributed by atoms with Gasteiger partial charge in [0.1, 0.15) is 12.5 Å². The number of nitrogens with zero attached hydrogens (tertiary/aromatic N) is 3. The Kier molecular flexibility index (Phi) is 1.62. The number of hydrogen-bond donors (Lipinski definition) is 1. The molecule has 0 saturated heterocycles. The molecule has 12 heavy (non-hydrogen) atoms. The molecule has 0 bridgehead atoms. The third kappa shape index (κ3) is 1.00. The molecule has 0 aliphatic carbocycles. The summed E-state index contributed by atoms with van der Waals surface area (Å²) in [6, 6.07) is 0. The average molecular weight is 164 g/mol. The molecule has 0 unspecified atom stereocenters. The minimum absolute atomic E-state index is 0.743. The van der Waals surface area contributed by atoms with Crippen LogP contribution >= 0.6 is 0 Å². The lowest BCUT2D eigenvalue weighted by molar-refractivity contribution is 0.158. The van der Waals surface area contributed by atoms with Gasteiger partial charge in [0.25, 0.3) is 0 Å². The zero-order chi connectivity index (χ0) is 8.55. The summed E-state index contributed by atoms with van der Waals surface area (Å²) in [5.74, 6) is 1.01. The van der Waals surface area contributed by atoms with E-state index in [1.54, 1.807) is 0 Å². The molecule has 0 atom stereocenters. The minimum atomic E-state index is 0.743. The molecule has 0 aromatic carbocycles. The first-order valence-electron chi connectivity index (χ1n) is 3.93. The normalized spacial score (nSPS) is 22.0. The van der Waals surface area contributed by atoms with E-state index in [1.165, 1.54) is 0 Å². The highest BCUT2D eigenvalue weighted by atomic mass is 15.7. The molecule has 4 heteroatoms. The highest BCUT2D eigenvalue weighted by Crippen LogP contribution is 2.14. The van der Waals surface area contributed by atoms with E-state index in [1.807, 2.05) is 37.5 Å². The molecular formula is C8H12N4. The summed E-state index contributed by atoms with van der Waals surface area (Å²) in [4.78, 5) is 4.32. The Balaban J connectivity index is 2.26. The van der Waals surface area contributed by atoms with Crippen LogP contribution in [-0.4, -0.2) is 36.6 Å². The summed E-state index contributed by atoms with van der Waals surface area (Å²) < 4.78 is 0. The summed E-state index contributed by atoms with van der Waals surface area (Å²) in [5, 5.41) is 7.17. The molecule has 2 aliphatic heterocycles. The lowest BCUT2D eigenvalue weighted by atomic mass is 10.3. The van der Waals surface area contributed by atoms with Crippen molar-refractivity contribution in [2.45, 2.75) is 0 Å². The second-order valence-electron chi connectivity index (χ2n) is 2.83. The molecule has 64 valence electrons. The number of hydrogen-bond acceptors (Lipinski definition) is 4. The number of allylic oxidation sites excluding steroid dienone is 1. The number of rotatable bonds is 1. The fourth-order valence-corrected chi connectivity index (χ4v) is 1.27. The van der Waals surface area contributed by atoms with Gasteiger partial charge in [-0.05, 0) is 12.2 Å². The second kappa shape index (κ2) is 2.64. The van der Waals surface area contributed by atoms with E-state index in [0.29, 0.717) is 0 Å². The SMILES string of the molecule is CNC1=CN2C(=NCN2C)C=C1. The molecule has 1 N–H and O–H groups in total. The molecule has 2 rings (SSSR count). The van der Waals surface area contributed by atoms with E-state index in [0.717, 1.165) is 18.2 Å². The van der Waals surface area contributed by atoms with Gasteiger partial charge in [-0.2, -0.15) is 5.01 Å². The number of aliphatic imine (C=N–C) groups is 1. The summed E-state index contributed by atoms with van der Waals surface area (Å²) >= 11 is 0. The number of fused-ring (bicyclic) bond motifs is 1. The quantitative estimate of drug-likeness (QED) is 0.598. The van der Waals surface area contributed by atoms with Crippen LogP contribution in [0.3, 0.4) is 0 Å². The summed E-state index contributed by atoms with van der Waals surface area (Å²) in [7, 11) is 3.92. The van der Waals surface area contributed by atoms with Gasteiger partial charge in [-0.15, -0.1) is 0 Å². The van der Waals surface area contributed by atoms with Crippen molar-refractivity contribution in [2.24, 2.45) is 4.99 Å². The van der Waals surface area contributed by atoms with Gasteiger partial charge in [-0.1, -0.05) is 0 Å². The largest absolute Gasteiger partial charge is 0.387 e. The first-order valence-corrected chi connectivity index (χ1v) is 3.93. The summed E-state index contributed by atoms with van der Waals surface area (Å²) in [6.07, 6.45) is 6.07. The van der Waals surface area contributed by atoms with Crippen LogP contribution in [0.1, 0.15) is 0 Å². The lowest BCUT2D eigenvalue weighted by Gasteiger charge is -2.25. The van der Waals surface area contributed by atoms with Crippen molar-refractivity contribution in [1.29, 1.82) is 0 Å². The zero-order valence-corrected chi connectivity index (χ0v) is 7.28. The highest BCUT2D eigenvalue weighted by molar-refractivity contribution is 5.95. The molecule has 0 spiro atoms. The molecule has 0 radical (unpaired) electrons. The van der Waals surface area contributed by atoms with E-state index in [9.17, 15) is 0 Å². The number of likely N-dealkylation sites (N-methyl/N-ethyl adjacent to an activating group) is 1. The monoisotopic (exact) mass is 164 g/mol. The zero-order valence-electron chi connectivity index (χ0n) is 7.28. The van der Waals surface area contributed by atoms with Crippen molar-refractivity contribution in [2.75, 3.05) is 20.8 Å². The smallest absolute Gasteiger partial charge is 0.143 e. The van der Waals surface area contributed by atoms with E-state index in [-0.39, 0.29) is 0 Å². The first kappa shape index (κ1) is 7.36. The van der Waals surface area contributed by atoms with Crippen molar-refractivity contribution >= 4 is 5.84 Å². The third-order valence-electron chi connectivity index (χ3n) is 2.00. The molecule has 0 aromatic heterocycles. The van der Waals surface area contributed by atoms with Crippen molar-refractivity contribution in [1.82, 2.24) is 15.3 Å². The minimum Gasteiger partial charge on any atom is -0.387 e. The predicted molar refractivity (Wildman–Crippen MR) is 48.2 cm³/mol. The van der Waals surface area contributed by atoms with Crippen LogP contribution in [0.15, 0.2) is 29.0 Å². The van der Waals surface area contributed by atoms with E-state index in [4.69, 9.17) is 0 Å². The Bertz CT molecular complexity index is 277. The standard InChI is InChI=1S/C8H12N4/c1-9-7-3-4-8-10-6-11(2)12(8)5-7/h3-5,9H,6H2,1-2H3. The topological polar surface area (TPSA) is 30.9 Å². The van der Waals surface area contributed by atoms with Crippen molar-refractivity contribution in [3.05, 3.63) is 24.0 Å². The average Bonchev–Trinajstić information content (AvgIpc) is 2.47. The molecule has 2 heterocycles. The summed E-state index contributed by atoms with van der Waals surface area (Å²) in [5.41, 5.74) is 1.10. The second-order valence-corrected chi connectivity index (χ2v) is 2.83. The molecular weight excluding hydrogens is 152 g/mol. The van der Waals surface area contributed by atoms with E-state index in [2.05, 4.69) is 15.3 Å². The maximum atomic E-state index is 4.32. The predicted octanol–water partition coefficient (Wildman–Crippen LogP) is 0.135. The van der Waals surface area contributed by atoms with Gasteiger partial charge in [0.15, 0.2) is 0 Å². The number of amidine groups is 1. The molecule has 0 aromatic rings. The van der Waals surface area contributed by atoms with Gasteiger partial charge in [-0.25, -0.2) is 4.99 Å². The molecule has 0 amide bonds. The van der Waals surface area contributed by atoms with Gasteiger partial charge >= 0.3 is 0 Å². The third-order valence-corrected chi connectivity index (χ3v) is 2.00. The van der Waals surface area contributed by atoms with Crippen LogP contribution in [0.4, 0.5) is 0 Å². The van der Waals surface area contributed by atoms with Crippen LogP contribution in [-0.2, 0) is 0 Å². The fourth-order valence-electron chi connectivity index (χ4n) is 1.27. The highest BCUT2D eigenvalue weighted by Gasteiger charge is 2.20. The summed E-state index contributed by atoms with van der Waals surface area (Å²) in [6.45, 7) is 0.743. The van der Waals surface area contributed by atoms with Crippen LogP contribution < -0.4 is 5.32 Å². The number of hydrazine groups is 1. The van der Waals surface area contributed by atoms with Gasteiger partial charge in [0.2, 0.25) is 0 Å². The Morgan fingerprint density at radius 3 is 3.08 bits per heavy atom. The van der Waals surface area contributed by atoms with Gasteiger partial charge in [-0.3, -0.25) is 5.01 Å². The molecule has 0 saturated carbocycles. The number of nitrogens with one attached hydrogen (secondary N) is 1. The van der Waals surface area contributed by atoms with Gasteiger partial charge in [0.05, 0.1) is 5.70 Å². The van der Waals surface area contributed by atoms with Crippen molar-refractivity contribution in [3.63, 3.8) is 0 Å². The lowest BCUT2D eigenvalue weighted by Crippen LogP contribution is -2.35. The van der Waals surface area contributed by atoms with Crippen LogP contribution in [0, 0.1) is 0 Å². The fraction of sp³-hybridized carbons (Fsp3) is 0.375.